The smallest absolute Gasteiger partial charge is 0.303 e. The zero-order chi connectivity index (χ0) is 23.8. The Labute approximate surface area is 196 Å². The van der Waals surface area contributed by atoms with E-state index in [0.29, 0.717) is 23.6 Å². The summed E-state index contributed by atoms with van der Waals surface area (Å²) in [5.74, 6) is -3.15. The highest BCUT2D eigenvalue weighted by molar-refractivity contribution is 6.31. The van der Waals surface area contributed by atoms with E-state index in [4.69, 9.17) is 35.3 Å². The number of halogens is 1. The van der Waals surface area contributed by atoms with Gasteiger partial charge in [-0.05, 0) is 48.7 Å². The van der Waals surface area contributed by atoms with Crippen molar-refractivity contribution in [3.63, 3.8) is 0 Å². The Kier molecular flexibility index (Phi) is 6.68. The molecule has 0 spiro atoms. The molecule has 4 rings (SSSR count). The third-order valence-electron chi connectivity index (χ3n) is 5.98. The molecule has 2 saturated heterocycles. The first kappa shape index (κ1) is 23.9. The number of hydrogen-bond donors (Lipinski definition) is 2. The van der Waals surface area contributed by atoms with E-state index >= 15 is 0 Å². The van der Waals surface area contributed by atoms with Crippen molar-refractivity contribution in [2.75, 3.05) is 20.3 Å². The van der Waals surface area contributed by atoms with Crippen molar-refractivity contribution in [3.8, 4) is 5.75 Å². The Morgan fingerprint density at radius 2 is 1.94 bits per heavy atom. The van der Waals surface area contributed by atoms with Gasteiger partial charge in [-0.2, -0.15) is 0 Å². The van der Waals surface area contributed by atoms with Gasteiger partial charge in [0.15, 0.2) is 6.10 Å². The van der Waals surface area contributed by atoms with E-state index in [1.54, 1.807) is 18.2 Å². The van der Waals surface area contributed by atoms with Gasteiger partial charge in [0, 0.05) is 24.6 Å². The lowest BCUT2D eigenvalue weighted by Gasteiger charge is -2.46. The van der Waals surface area contributed by atoms with E-state index in [0.717, 1.165) is 16.9 Å². The number of fused-ring (bicyclic) bond motifs is 2. The third-order valence-corrected chi connectivity index (χ3v) is 6.35. The van der Waals surface area contributed by atoms with Crippen LogP contribution in [-0.4, -0.2) is 60.6 Å². The van der Waals surface area contributed by atoms with E-state index in [1.807, 2.05) is 31.2 Å². The topological polar surface area (TPSA) is 104 Å². The van der Waals surface area contributed by atoms with Crippen LogP contribution in [0.2, 0.25) is 5.02 Å². The maximum absolute atomic E-state index is 11.6. The number of esters is 1. The lowest BCUT2D eigenvalue weighted by atomic mass is 9.87. The minimum Gasteiger partial charge on any atom is -0.494 e. The zero-order valence-corrected chi connectivity index (χ0v) is 19.4. The van der Waals surface area contributed by atoms with Crippen molar-refractivity contribution < 1.29 is 38.7 Å². The number of rotatable bonds is 7. The molecule has 9 heteroatoms. The molecule has 8 nitrogen and oxygen atoms in total. The van der Waals surface area contributed by atoms with Crippen LogP contribution in [-0.2, 0) is 35.9 Å². The number of ether oxygens (including phenoxy) is 5. The summed E-state index contributed by atoms with van der Waals surface area (Å²) in [7, 11) is 1.36. The summed E-state index contributed by atoms with van der Waals surface area (Å²) < 4.78 is 28.2. The van der Waals surface area contributed by atoms with Gasteiger partial charge in [-0.1, -0.05) is 29.8 Å². The Hall–Kier alpha value is -2.20. The maximum Gasteiger partial charge on any atom is 0.303 e. The molecule has 2 aromatic carbocycles. The number of carbonyl (C=O) groups excluding carboxylic acids is 1. The van der Waals surface area contributed by atoms with Gasteiger partial charge in [-0.15, -0.1) is 0 Å². The fraction of sp³-hybridized carbons (Fsp3) is 0.458. The van der Waals surface area contributed by atoms with Crippen molar-refractivity contribution in [1.82, 2.24) is 0 Å². The van der Waals surface area contributed by atoms with Crippen molar-refractivity contribution in [1.29, 1.82) is 0 Å². The fourth-order valence-corrected chi connectivity index (χ4v) is 4.53. The van der Waals surface area contributed by atoms with Crippen molar-refractivity contribution in [2.24, 2.45) is 0 Å². The minimum absolute atomic E-state index is 0.160. The molecule has 178 valence electrons. The third kappa shape index (κ3) is 4.23. The zero-order valence-electron chi connectivity index (χ0n) is 18.6. The largest absolute Gasteiger partial charge is 0.494 e. The molecule has 2 bridgehead atoms. The summed E-state index contributed by atoms with van der Waals surface area (Å²) in [6.45, 7) is 3.55. The summed E-state index contributed by atoms with van der Waals surface area (Å²) in [4.78, 5) is 11.6. The van der Waals surface area contributed by atoms with E-state index in [-0.39, 0.29) is 6.61 Å². The molecule has 2 N–H and O–H groups in total. The molecule has 2 aliphatic heterocycles. The predicted octanol–water partition coefficient (Wildman–Crippen LogP) is 2.54. The molecule has 0 amide bonds. The van der Waals surface area contributed by atoms with Gasteiger partial charge in [0.25, 0.3) is 0 Å². The van der Waals surface area contributed by atoms with E-state index in [9.17, 15) is 15.0 Å². The van der Waals surface area contributed by atoms with Crippen LogP contribution < -0.4 is 4.74 Å². The first-order valence-electron chi connectivity index (χ1n) is 10.7. The summed E-state index contributed by atoms with van der Waals surface area (Å²) in [6.07, 6.45) is -3.80. The second-order valence-corrected chi connectivity index (χ2v) is 8.51. The molecule has 5 atom stereocenters. The number of aliphatic hydroxyl groups is 2. The number of aliphatic hydroxyl groups excluding tert-OH is 2. The fourth-order valence-electron chi connectivity index (χ4n) is 4.35. The van der Waals surface area contributed by atoms with Crippen LogP contribution in [0.15, 0.2) is 42.5 Å². The normalized spacial score (nSPS) is 30.8. The van der Waals surface area contributed by atoms with Gasteiger partial charge >= 0.3 is 5.97 Å². The average Bonchev–Trinajstić information content (AvgIpc) is 3.18. The van der Waals surface area contributed by atoms with E-state index in [1.165, 1.54) is 14.0 Å². The molecule has 0 radical (unpaired) electrons. The molecule has 2 heterocycles. The number of benzene rings is 2. The number of hydrogen-bond acceptors (Lipinski definition) is 8. The molecule has 0 aliphatic carbocycles. The molecule has 2 fully saturated rings. The van der Waals surface area contributed by atoms with E-state index in [2.05, 4.69) is 0 Å². The first-order chi connectivity index (χ1) is 15.7. The van der Waals surface area contributed by atoms with Gasteiger partial charge in [0.05, 0.1) is 6.61 Å². The van der Waals surface area contributed by atoms with Crippen LogP contribution >= 0.6 is 11.6 Å². The van der Waals surface area contributed by atoms with Gasteiger partial charge < -0.3 is 33.9 Å². The lowest BCUT2D eigenvalue weighted by molar-refractivity contribution is -0.375. The molecule has 2 aliphatic rings. The highest BCUT2D eigenvalue weighted by Gasteiger charge is 2.69. The highest BCUT2D eigenvalue weighted by Crippen LogP contribution is 2.51. The monoisotopic (exact) mass is 478 g/mol. The molecule has 0 aromatic heterocycles. The van der Waals surface area contributed by atoms with Gasteiger partial charge in [0.1, 0.15) is 24.6 Å². The van der Waals surface area contributed by atoms with Crippen LogP contribution in [0.4, 0.5) is 0 Å². The molecule has 2 aromatic rings. The SMILES string of the molecule is CCOc1ccc(Cc2cc(C34OCC(OC)(O3)C(OC(C)=O)C(O)C4O)ccc2Cl)cc1. The maximum atomic E-state index is 11.6. The average molecular weight is 479 g/mol. The van der Waals surface area contributed by atoms with Crippen LogP contribution in [0.5, 0.6) is 5.75 Å². The van der Waals surface area contributed by atoms with Gasteiger partial charge in [-0.3, -0.25) is 4.79 Å². The predicted molar refractivity (Wildman–Crippen MR) is 118 cm³/mol. The Morgan fingerprint density at radius 1 is 1.21 bits per heavy atom. The summed E-state index contributed by atoms with van der Waals surface area (Å²) in [5.41, 5.74) is 2.24. The summed E-state index contributed by atoms with van der Waals surface area (Å²) in [6, 6.07) is 12.8. The van der Waals surface area contributed by atoms with Crippen LogP contribution in [0.25, 0.3) is 0 Å². The lowest BCUT2D eigenvalue weighted by Crippen LogP contribution is -2.66. The van der Waals surface area contributed by atoms with Crippen molar-refractivity contribution >= 4 is 17.6 Å². The Balaban J connectivity index is 1.66. The molecule has 0 saturated carbocycles. The van der Waals surface area contributed by atoms with Crippen molar-refractivity contribution in [2.45, 2.75) is 50.2 Å². The molecule has 33 heavy (non-hydrogen) atoms. The number of carbonyl (C=O) groups is 1. The van der Waals surface area contributed by atoms with Gasteiger partial charge in [-0.25, -0.2) is 0 Å². The van der Waals surface area contributed by atoms with Crippen LogP contribution in [0.1, 0.15) is 30.5 Å². The first-order valence-corrected chi connectivity index (χ1v) is 11.1. The van der Waals surface area contributed by atoms with E-state index < -0.39 is 35.9 Å². The van der Waals surface area contributed by atoms with Crippen LogP contribution in [0.3, 0.4) is 0 Å². The molecular formula is C24H27ClO8. The molecular weight excluding hydrogens is 452 g/mol. The standard InChI is InChI=1S/C24H27ClO8/c1-4-30-18-8-5-15(6-9-18)11-16-12-17(7-10-19(16)25)24-21(28)20(27)22(32-14(2)26)23(29-3,33-24)13-31-24/h5-10,12,20-22,27-28H,4,11,13H2,1-3H3. The van der Waals surface area contributed by atoms with Crippen LogP contribution in [0, 0.1) is 0 Å². The Morgan fingerprint density at radius 3 is 2.58 bits per heavy atom. The highest BCUT2D eigenvalue weighted by atomic mass is 35.5. The number of methoxy groups -OCH3 is 1. The quantitative estimate of drug-likeness (QED) is 0.585. The molecule has 5 unspecified atom stereocenters. The summed E-state index contributed by atoms with van der Waals surface area (Å²) in [5, 5.41) is 22.3. The minimum atomic E-state index is -1.72. The van der Waals surface area contributed by atoms with Gasteiger partial charge in [0.2, 0.25) is 11.6 Å². The van der Waals surface area contributed by atoms with Crippen molar-refractivity contribution in [3.05, 3.63) is 64.2 Å². The second kappa shape index (κ2) is 9.21. The second-order valence-electron chi connectivity index (χ2n) is 8.10. The Bertz CT molecular complexity index is 1010. The summed E-state index contributed by atoms with van der Waals surface area (Å²) >= 11 is 6.46.